The summed E-state index contributed by atoms with van der Waals surface area (Å²) < 4.78 is 0. The predicted molar refractivity (Wildman–Crippen MR) is 97.5 cm³/mol. The third-order valence-electron chi connectivity index (χ3n) is 4.39. The third-order valence-corrected chi connectivity index (χ3v) is 6.36. The molecule has 7 heteroatoms. The zero-order chi connectivity index (χ0) is 16.9. The summed E-state index contributed by atoms with van der Waals surface area (Å²) in [7, 11) is 0. The van der Waals surface area contributed by atoms with Crippen LogP contribution in [0.1, 0.15) is 34.5 Å². The number of amides is 2. The molecule has 1 atom stereocenters. The van der Waals surface area contributed by atoms with Crippen LogP contribution in [0.3, 0.4) is 0 Å². The van der Waals surface area contributed by atoms with E-state index in [4.69, 9.17) is 0 Å². The summed E-state index contributed by atoms with van der Waals surface area (Å²) >= 11 is 3.23. The first-order chi connectivity index (χ1) is 11.6. The number of nitrogens with zero attached hydrogens (tertiary/aromatic N) is 2. The monoisotopic (exact) mass is 365 g/mol. The molecular weight excluding hydrogens is 342 g/mol. The van der Waals surface area contributed by atoms with E-state index in [9.17, 15) is 9.90 Å². The van der Waals surface area contributed by atoms with Gasteiger partial charge in [-0.05, 0) is 37.1 Å². The molecule has 2 amide bonds. The number of aryl methyl sites for hydroxylation is 1. The lowest BCUT2D eigenvalue weighted by Crippen LogP contribution is -2.45. The van der Waals surface area contributed by atoms with Crippen molar-refractivity contribution in [1.29, 1.82) is 0 Å². The molecule has 0 bridgehead atoms. The summed E-state index contributed by atoms with van der Waals surface area (Å²) in [5.74, 6) is 0.242. The Labute approximate surface area is 150 Å². The van der Waals surface area contributed by atoms with Crippen LogP contribution in [0.2, 0.25) is 0 Å². The van der Waals surface area contributed by atoms with E-state index in [0.717, 1.165) is 34.8 Å². The van der Waals surface area contributed by atoms with Gasteiger partial charge in [-0.1, -0.05) is 6.07 Å². The van der Waals surface area contributed by atoms with Gasteiger partial charge in [-0.25, -0.2) is 9.78 Å². The molecule has 0 radical (unpaired) electrons. The third kappa shape index (κ3) is 4.34. The highest BCUT2D eigenvalue weighted by Crippen LogP contribution is 2.32. The number of rotatable bonds is 5. The SMILES string of the molecule is Cc1csc(CCNC(=O)N2CCC([C@@H](O)c3cccs3)CC2)n1. The molecule has 5 nitrogen and oxygen atoms in total. The van der Waals surface area contributed by atoms with Crippen molar-refractivity contribution in [2.75, 3.05) is 19.6 Å². The van der Waals surface area contributed by atoms with Gasteiger partial charge in [0, 0.05) is 42.0 Å². The van der Waals surface area contributed by atoms with Crippen molar-refractivity contribution >= 4 is 28.7 Å². The smallest absolute Gasteiger partial charge is 0.317 e. The maximum absolute atomic E-state index is 12.2. The molecule has 2 aromatic rings. The number of piperidine rings is 1. The fraction of sp³-hybridized carbons (Fsp3) is 0.529. The van der Waals surface area contributed by atoms with Gasteiger partial charge in [0.1, 0.15) is 0 Å². The molecule has 0 unspecified atom stereocenters. The van der Waals surface area contributed by atoms with Crippen LogP contribution in [0.25, 0.3) is 0 Å². The van der Waals surface area contributed by atoms with Gasteiger partial charge in [0.05, 0.1) is 11.1 Å². The molecule has 2 aromatic heterocycles. The number of aromatic nitrogens is 1. The fourth-order valence-corrected chi connectivity index (χ4v) is 4.60. The van der Waals surface area contributed by atoms with E-state index in [1.165, 1.54) is 0 Å². The van der Waals surface area contributed by atoms with Crippen LogP contribution >= 0.6 is 22.7 Å². The summed E-state index contributed by atoms with van der Waals surface area (Å²) in [6, 6.07) is 3.94. The van der Waals surface area contributed by atoms with Gasteiger partial charge >= 0.3 is 6.03 Å². The maximum atomic E-state index is 12.2. The van der Waals surface area contributed by atoms with Crippen LogP contribution in [0.4, 0.5) is 4.79 Å². The van der Waals surface area contributed by atoms with Crippen molar-refractivity contribution in [2.45, 2.75) is 32.3 Å². The zero-order valence-corrected chi connectivity index (χ0v) is 15.4. The first-order valence-corrected chi connectivity index (χ1v) is 10.0. The first kappa shape index (κ1) is 17.4. The minimum Gasteiger partial charge on any atom is -0.387 e. The van der Waals surface area contributed by atoms with Gasteiger partial charge in [0.25, 0.3) is 0 Å². The number of aliphatic hydroxyl groups excluding tert-OH is 1. The number of nitrogens with one attached hydrogen (secondary N) is 1. The van der Waals surface area contributed by atoms with Crippen molar-refractivity contribution in [2.24, 2.45) is 5.92 Å². The maximum Gasteiger partial charge on any atom is 0.317 e. The van der Waals surface area contributed by atoms with Crippen molar-refractivity contribution < 1.29 is 9.90 Å². The van der Waals surface area contributed by atoms with Crippen molar-refractivity contribution in [3.05, 3.63) is 38.5 Å². The van der Waals surface area contributed by atoms with E-state index in [0.29, 0.717) is 19.6 Å². The first-order valence-electron chi connectivity index (χ1n) is 8.28. The number of urea groups is 1. The molecule has 24 heavy (non-hydrogen) atoms. The lowest BCUT2D eigenvalue weighted by Gasteiger charge is -2.34. The summed E-state index contributed by atoms with van der Waals surface area (Å²) in [5.41, 5.74) is 1.03. The highest BCUT2D eigenvalue weighted by Gasteiger charge is 2.28. The number of carbonyl (C=O) groups excluding carboxylic acids is 1. The molecule has 0 aromatic carbocycles. The van der Waals surface area contributed by atoms with E-state index in [1.54, 1.807) is 22.7 Å². The number of thiophene rings is 1. The molecule has 0 spiro atoms. The number of likely N-dealkylation sites (tertiary alicyclic amines) is 1. The van der Waals surface area contributed by atoms with Crippen LogP contribution < -0.4 is 5.32 Å². The molecule has 3 heterocycles. The summed E-state index contributed by atoms with van der Waals surface area (Å²) in [5, 5.41) is 18.5. The van der Waals surface area contributed by atoms with E-state index in [2.05, 4.69) is 10.3 Å². The summed E-state index contributed by atoms with van der Waals surface area (Å²) in [6.45, 7) is 4.00. The predicted octanol–water partition coefficient (Wildman–Crippen LogP) is 3.21. The summed E-state index contributed by atoms with van der Waals surface area (Å²) in [4.78, 5) is 19.5. The number of thiazole rings is 1. The van der Waals surface area contributed by atoms with Crippen LogP contribution in [0.15, 0.2) is 22.9 Å². The Morgan fingerprint density at radius 1 is 1.46 bits per heavy atom. The molecular formula is C17H23N3O2S2. The number of carbonyl (C=O) groups is 1. The Morgan fingerprint density at radius 2 is 2.25 bits per heavy atom. The van der Waals surface area contributed by atoms with Crippen LogP contribution in [0, 0.1) is 12.8 Å². The lowest BCUT2D eigenvalue weighted by atomic mass is 9.90. The fourth-order valence-electron chi connectivity index (χ4n) is 3.02. The van der Waals surface area contributed by atoms with Gasteiger partial charge in [-0.15, -0.1) is 22.7 Å². The number of hydrogen-bond donors (Lipinski definition) is 2. The molecule has 1 saturated heterocycles. The Hall–Kier alpha value is -1.44. The lowest BCUT2D eigenvalue weighted by molar-refractivity contribution is 0.0690. The van der Waals surface area contributed by atoms with Gasteiger partial charge < -0.3 is 15.3 Å². The van der Waals surface area contributed by atoms with Gasteiger partial charge in [0.2, 0.25) is 0 Å². The second-order valence-electron chi connectivity index (χ2n) is 6.15. The molecule has 0 saturated carbocycles. The summed E-state index contributed by atoms with van der Waals surface area (Å²) in [6.07, 6.45) is 2.07. The normalized spacial score (nSPS) is 17.0. The van der Waals surface area contributed by atoms with Crippen molar-refractivity contribution in [1.82, 2.24) is 15.2 Å². The van der Waals surface area contributed by atoms with E-state index in [-0.39, 0.29) is 11.9 Å². The largest absolute Gasteiger partial charge is 0.387 e. The van der Waals surface area contributed by atoms with Crippen LogP contribution in [0.5, 0.6) is 0 Å². The van der Waals surface area contributed by atoms with Crippen molar-refractivity contribution in [3.63, 3.8) is 0 Å². The minimum absolute atomic E-state index is 0.00709. The molecule has 130 valence electrons. The minimum atomic E-state index is -0.400. The van der Waals surface area contributed by atoms with Gasteiger partial charge in [-0.3, -0.25) is 0 Å². The second kappa shape index (κ2) is 8.09. The van der Waals surface area contributed by atoms with E-state index in [1.807, 2.05) is 34.7 Å². The quantitative estimate of drug-likeness (QED) is 0.855. The Kier molecular flexibility index (Phi) is 5.86. The Morgan fingerprint density at radius 3 is 2.88 bits per heavy atom. The Bertz CT molecular complexity index is 649. The number of hydrogen-bond acceptors (Lipinski definition) is 5. The Balaban J connectivity index is 1.40. The standard InChI is InChI=1S/C17H23N3O2S2/c1-12-11-24-15(19-12)4-7-18-17(22)20-8-5-13(6-9-20)16(21)14-3-2-10-23-14/h2-3,10-11,13,16,21H,4-9H2,1H3,(H,18,22)/t16-/m1/s1. The van der Waals surface area contributed by atoms with Gasteiger partial charge in [0.15, 0.2) is 0 Å². The topological polar surface area (TPSA) is 65.5 Å². The highest BCUT2D eigenvalue weighted by atomic mass is 32.1. The molecule has 1 aliphatic rings. The van der Waals surface area contributed by atoms with Crippen molar-refractivity contribution in [3.8, 4) is 0 Å². The second-order valence-corrected chi connectivity index (χ2v) is 8.07. The average molecular weight is 366 g/mol. The van der Waals surface area contributed by atoms with Gasteiger partial charge in [-0.2, -0.15) is 0 Å². The van der Waals surface area contributed by atoms with Crippen LogP contribution in [-0.2, 0) is 6.42 Å². The van der Waals surface area contributed by atoms with E-state index >= 15 is 0 Å². The molecule has 1 fully saturated rings. The molecule has 3 rings (SSSR count). The van der Waals surface area contributed by atoms with E-state index < -0.39 is 6.10 Å². The molecule has 0 aliphatic carbocycles. The molecule has 1 aliphatic heterocycles. The average Bonchev–Trinajstić information content (AvgIpc) is 3.26. The number of aliphatic hydroxyl groups is 1. The highest BCUT2D eigenvalue weighted by molar-refractivity contribution is 7.10. The molecule has 2 N–H and O–H groups in total. The van der Waals surface area contributed by atoms with Crippen LogP contribution in [-0.4, -0.2) is 40.7 Å². The zero-order valence-electron chi connectivity index (χ0n) is 13.8.